The first kappa shape index (κ1) is 32.8. The van der Waals surface area contributed by atoms with Crippen LogP contribution in [0.2, 0.25) is 10.0 Å². The normalized spacial score (nSPS) is 19.3. The van der Waals surface area contributed by atoms with Gasteiger partial charge in [0.15, 0.2) is 0 Å². The topological polar surface area (TPSA) is 140 Å². The molecule has 4 saturated heterocycles. The molecule has 0 aliphatic carbocycles. The number of nitrogens with zero attached hydrogens (tertiary/aromatic N) is 6. The fourth-order valence-corrected chi connectivity index (χ4v) is 8.65. The van der Waals surface area contributed by atoms with Crippen molar-refractivity contribution >= 4 is 46.7 Å². The number of benzene rings is 2. The molecule has 2 aromatic carbocycles. The van der Waals surface area contributed by atoms with Gasteiger partial charge < -0.3 is 21.3 Å². The fraction of sp³-hybridized carbons (Fsp3) is 0.389. The molecule has 4 aliphatic rings. The summed E-state index contributed by atoms with van der Waals surface area (Å²) in [5, 5.41) is 13.4. The Bertz CT molecular complexity index is 1870. The van der Waals surface area contributed by atoms with Crippen LogP contribution in [0.3, 0.4) is 0 Å². The van der Waals surface area contributed by atoms with Gasteiger partial charge >= 0.3 is 0 Å². The van der Waals surface area contributed by atoms with Crippen molar-refractivity contribution in [2.24, 2.45) is 10.8 Å². The van der Waals surface area contributed by atoms with Gasteiger partial charge in [-0.25, -0.2) is 9.97 Å². The van der Waals surface area contributed by atoms with Gasteiger partial charge in [0.1, 0.15) is 11.6 Å². The molecule has 8 rings (SSSR count). The zero-order valence-corrected chi connectivity index (χ0v) is 29.5. The molecule has 0 atom stereocenters. The number of hydrogen-bond donors (Lipinski definition) is 4. The third kappa shape index (κ3) is 5.93. The van der Waals surface area contributed by atoms with E-state index in [4.69, 9.17) is 43.1 Å². The molecule has 0 saturated carbocycles. The lowest BCUT2D eigenvalue weighted by Crippen LogP contribution is -2.56. The molecule has 6 heterocycles. The highest BCUT2D eigenvalue weighted by molar-refractivity contribution is 6.39. The second-order valence-electron chi connectivity index (χ2n) is 14.1. The number of rotatable bonds is 9. The van der Waals surface area contributed by atoms with Gasteiger partial charge in [0, 0.05) is 112 Å². The predicted molar refractivity (Wildman–Crippen MR) is 194 cm³/mol. The lowest BCUT2D eigenvalue weighted by atomic mass is 9.79. The summed E-state index contributed by atoms with van der Waals surface area (Å²) in [7, 11) is 3.67. The van der Waals surface area contributed by atoms with E-state index in [9.17, 15) is 9.59 Å². The highest BCUT2D eigenvalue weighted by Crippen LogP contribution is 2.43. The van der Waals surface area contributed by atoms with Crippen molar-refractivity contribution in [1.82, 2.24) is 40.4 Å². The van der Waals surface area contributed by atoms with E-state index in [1.54, 1.807) is 12.4 Å². The van der Waals surface area contributed by atoms with E-state index >= 15 is 0 Å². The highest BCUT2D eigenvalue weighted by atomic mass is 35.5. The van der Waals surface area contributed by atoms with Gasteiger partial charge in [-0.15, -0.1) is 0 Å². The summed E-state index contributed by atoms with van der Waals surface area (Å²) >= 11 is 14.2. The average Bonchev–Trinajstić information content (AvgIpc) is 3.68. The molecule has 258 valence electrons. The maximum absolute atomic E-state index is 11.7. The Labute approximate surface area is 300 Å². The van der Waals surface area contributed by atoms with E-state index in [1.165, 1.54) is 0 Å². The Kier molecular flexibility index (Phi) is 8.37. The van der Waals surface area contributed by atoms with Crippen molar-refractivity contribution in [2.75, 3.05) is 64.0 Å². The second kappa shape index (κ2) is 12.8. The Hall–Kier alpha value is -4.36. The predicted octanol–water partition coefficient (Wildman–Crippen LogP) is 4.30. The molecule has 0 bridgehead atoms. The van der Waals surface area contributed by atoms with E-state index in [0.29, 0.717) is 59.0 Å². The number of nitrogens with one attached hydrogen (secondary N) is 4. The van der Waals surface area contributed by atoms with E-state index in [-0.39, 0.29) is 22.6 Å². The summed E-state index contributed by atoms with van der Waals surface area (Å²) in [6.45, 7) is 6.22. The van der Waals surface area contributed by atoms with E-state index in [0.717, 1.165) is 72.9 Å². The summed E-state index contributed by atoms with van der Waals surface area (Å²) in [5.74, 6) is 1.65. The monoisotopic (exact) mass is 712 g/mol. The number of aromatic nitrogens is 4. The summed E-state index contributed by atoms with van der Waals surface area (Å²) in [5.41, 5.74) is 6.10. The summed E-state index contributed by atoms with van der Waals surface area (Å²) < 4.78 is 0. The van der Waals surface area contributed by atoms with Crippen LogP contribution in [0.15, 0.2) is 48.8 Å². The Morgan fingerprint density at radius 1 is 0.680 bits per heavy atom. The van der Waals surface area contributed by atoms with E-state index in [2.05, 4.69) is 31.1 Å². The molecular weight excluding hydrogens is 675 g/mol. The number of likely N-dealkylation sites (tertiary alicyclic amines) is 2. The van der Waals surface area contributed by atoms with Crippen molar-refractivity contribution in [2.45, 2.75) is 25.9 Å². The fourth-order valence-electron chi connectivity index (χ4n) is 8.00. The quantitative estimate of drug-likeness (QED) is 0.199. The second-order valence-corrected chi connectivity index (χ2v) is 14.9. The van der Waals surface area contributed by atoms with Crippen LogP contribution in [-0.4, -0.2) is 94.9 Å². The minimum Gasteiger partial charge on any atom is -0.372 e. The van der Waals surface area contributed by atoms with Crippen LogP contribution in [0.4, 0.5) is 11.6 Å². The van der Waals surface area contributed by atoms with Gasteiger partial charge in [-0.1, -0.05) is 59.6 Å². The van der Waals surface area contributed by atoms with Gasteiger partial charge in [-0.2, -0.15) is 0 Å². The SMILES string of the molecule is CNc1nc(-c2cccc(-c3cccc(-c4cnc(CN5CC6(CNC(=O)C6)C5)c(NC)n4)c3Cl)c2Cl)cnc1CN1CC2(CNC(=O)C2)C1. The van der Waals surface area contributed by atoms with Gasteiger partial charge in [0.05, 0.1) is 45.2 Å². The van der Waals surface area contributed by atoms with Crippen molar-refractivity contribution in [3.05, 3.63) is 70.2 Å². The number of anilines is 2. The molecule has 4 N–H and O–H groups in total. The zero-order chi connectivity index (χ0) is 34.6. The molecule has 4 aliphatic heterocycles. The minimum absolute atomic E-state index is 0.0528. The van der Waals surface area contributed by atoms with Gasteiger partial charge in [-0.3, -0.25) is 29.4 Å². The standard InChI is InChI=1S/C36H38Cl2N10O2/c1-39-33-27(13-47-17-35(18-47)9-29(49)43-15-35)41-11-25(45-33)23-7-3-5-21(31(23)37)22-6-4-8-24(32(22)38)26-12-42-28(34(40-2)46-26)14-48-19-36(20-48)10-30(50)44-16-36/h3-8,11-12H,9-10,13-20H2,1-2H3,(H,39,45)(H,40,46)(H,43,49)(H,44,50). The third-order valence-corrected chi connectivity index (χ3v) is 11.2. The lowest BCUT2D eigenvalue weighted by molar-refractivity contribution is -0.121. The highest BCUT2D eigenvalue weighted by Gasteiger charge is 2.49. The molecule has 4 fully saturated rings. The minimum atomic E-state index is 0.0528. The molecule has 14 heteroatoms. The molecule has 0 unspecified atom stereocenters. The van der Waals surface area contributed by atoms with Crippen LogP contribution in [0, 0.1) is 10.8 Å². The Morgan fingerprint density at radius 2 is 1.08 bits per heavy atom. The van der Waals surface area contributed by atoms with Crippen LogP contribution in [0.5, 0.6) is 0 Å². The molecule has 2 amide bonds. The molecule has 0 radical (unpaired) electrons. The van der Waals surface area contributed by atoms with E-state index < -0.39 is 0 Å². The van der Waals surface area contributed by atoms with Gasteiger partial charge in [0.25, 0.3) is 0 Å². The smallest absolute Gasteiger partial charge is 0.220 e. The number of hydrogen-bond acceptors (Lipinski definition) is 10. The van der Waals surface area contributed by atoms with Gasteiger partial charge in [0.2, 0.25) is 11.8 Å². The first-order valence-corrected chi connectivity index (χ1v) is 17.6. The third-order valence-electron chi connectivity index (χ3n) is 10.4. The number of halogens is 2. The molecule has 12 nitrogen and oxygen atoms in total. The summed E-state index contributed by atoms with van der Waals surface area (Å²) in [6.07, 6.45) is 4.70. The first-order chi connectivity index (χ1) is 24.2. The number of carbonyl (C=O) groups is 2. The van der Waals surface area contributed by atoms with Crippen molar-refractivity contribution in [3.8, 4) is 33.6 Å². The Balaban J connectivity index is 1.01. The largest absolute Gasteiger partial charge is 0.372 e. The van der Waals surface area contributed by atoms with Crippen LogP contribution in [0.25, 0.3) is 33.6 Å². The molecule has 4 aromatic rings. The van der Waals surface area contributed by atoms with Crippen molar-refractivity contribution in [3.63, 3.8) is 0 Å². The number of amides is 2. The van der Waals surface area contributed by atoms with Crippen LogP contribution in [0.1, 0.15) is 24.2 Å². The maximum Gasteiger partial charge on any atom is 0.220 e. The zero-order valence-electron chi connectivity index (χ0n) is 27.9. The first-order valence-electron chi connectivity index (χ1n) is 16.8. The molecule has 2 spiro atoms. The van der Waals surface area contributed by atoms with Crippen LogP contribution in [-0.2, 0) is 22.7 Å². The Morgan fingerprint density at radius 3 is 1.44 bits per heavy atom. The van der Waals surface area contributed by atoms with Crippen LogP contribution < -0.4 is 21.3 Å². The van der Waals surface area contributed by atoms with Crippen molar-refractivity contribution in [1.29, 1.82) is 0 Å². The lowest BCUT2D eigenvalue weighted by Gasteiger charge is -2.47. The summed E-state index contributed by atoms with van der Waals surface area (Å²) in [6, 6.07) is 11.6. The summed E-state index contributed by atoms with van der Waals surface area (Å²) in [4.78, 5) is 47.5. The van der Waals surface area contributed by atoms with E-state index in [1.807, 2.05) is 50.5 Å². The molecular formula is C36H38Cl2N10O2. The van der Waals surface area contributed by atoms with Crippen molar-refractivity contribution < 1.29 is 9.59 Å². The molecule has 50 heavy (non-hydrogen) atoms. The number of carbonyl (C=O) groups excluding carboxylic acids is 2. The maximum atomic E-state index is 11.7. The average molecular weight is 714 g/mol. The molecule has 2 aromatic heterocycles. The van der Waals surface area contributed by atoms with Gasteiger partial charge in [-0.05, 0) is 0 Å². The van der Waals surface area contributed by atoms with Crippen LogP contribution >= 0.6 is 23.2 Å².